The first-order valence-electron chi connectivity index (χ1n) is 10.5. The van der Waals surface area contributed by atoms with E-state index < -0.39 is 30.2 Å². The van der Waals surface area contributed by atoms with E-state index in [-0.39, 0.29) is 6.42 Å². The molecule has 2 aromatic heterocycles. The van der Waals surface area contributed by atoms with Crippen molar-refractivity contribution in [1.29, 1.82) is 0 Å². The van der Waals surface area contributed by atoms with Crippen LogP contribution >= 0.6 is 0 Å². The van der Waals surface area contributed by atoms with Crippen molar-refractivity contribution < 1.29 is 23.8 Å². The summed E-state index contributed by atoms with van der Waals surface area (Å²) in [4.78, 5) is 39.3. The Hall–Kier alpha value is -4.07. The minimum absolute atomic E-state index is 0.0644. The molecule has 170 valence electrons. The van der Waals surface area contributed by atoms with Crippen molar-refractivity contribution in [2.45, 2.75) is 33.2 Å². The van der Waals surface area contributed by atoms with Crippen LogP contribution in [0.1, 0.15) is 22.3 Å². The fraction of sp³-hybridized carbons (Fsp3) is 0.240. The summed E-state index contributed by atoms with van der Waals surface area (Å²) >= 11 is 0. The van der Waals surface area contributed by atoms with E-state index >= 15 is 0 Å². The van der Waals surface area contributed by atoms with E-state index in [9.17, 15) is 19.5 Å². The third kappa shape index (κ3) is 4.45. The van der Waals surface area contributed by atoms with E-state index in [0.29, 0.717) is 27.8 Å². The molecule has 0 spiro atoms. The summed E-state index contributed by atoms with van der Waals surface area (Å²) in [5.41, 5.74) is 3.51. The molecule has 0 saturated heterocycles. The Kier molecular flexibility index (Phi) is 5.91. The number of para-hydroxylation sites is 1. The summed E-state index contributed by atoms with van der Waals surface area (Å²) in [5, 5.41) is 15.6. The van der Waals surface area contributed by atoms with Crippen LogP contribution in [0.25, 0.3) is 21.9 Å². The van der Waals surface area contributed by atoms with Crippen LogP contribution in [0.15, 0.2) is 51.8 Å². The summed E-state index contributed by atoms with van der Waals surface area (Å²) in [5.74, 6) is -1.61. The second-order valence-electron chi connectivity index (χ2n) is 8.07. The molecule has 0 unspecified atom stereocenters. The molecule has 1 atom stereocenters. The van der Waals surface area contributed by atoms with Crippen LogP contribution in [0, 0.1) is 20.8 Å². The number of aliphatic carboxylic acids is 1. The van der Waals surface area contributed by atoms with Gasteiger partial charge >= 0.3 is 5.63 Å². The lowest BCUT2D eigenvalue weighted by Crippen LogP contribution is -2.50. The fourth-order valence-corrected chi connectivity index (χ4v) is 3.89. The van der Waals surface area contributed by atoms with Gasteiger partial charge in [0.1, 0.15) is 11.3 Å². The molecule has 4 rings (SSSR count). The molecule has 2 heterocycles. The van der Waals surface area contributed by atoms with Gasteiger partial charge in [-0.3, -0.25) is 4.79 Å². The number of carbonyl (C=O) groups excluding carboxylic acids is 2. The van der Waals surface area contributed by atoms with Gasteiger partial charge in [-0.1, -0.05) is 18.2 Å². The van der Waals surface area contributed by atoms with E-state index in [2.05, 4.69) is 10.3 Å². The molecule has 0 radical (unpaired) electrons. The number of hydrogen-bond acceptors (Lipinski definition) is 6. The number of ether oxygens (including phenoxy) is 1. The maximum Gasteiger partial charge on any atom is 0.339 e. The molecule has 8 heteroatoms. The van der Waals surface area contributed by atoms with Gasteiger partial charge in [0.05, 0.1) is 17.4 Å². The lowest BCUT2D eigenvalue weighted by Gasteiger charge is -2.20. The highest BCUT2D eigenvalue weighted by atomic mass is 16.5. The predicted octanol–water partition coefficient (Wildman–Crippen LogP) is 2.06. The zero-order valence-electron chi connectivity index (χ0n) is 18.5. The zero-order valence-corrected chi connectivity index (χ0v) is 18.5. The average molecular weight is 447 g/mol. The Morgan fingerprint density at radius 3 is 2.67 bits per heavy atom. The van der Waals surface area contributed by atoms with E-state index in [1.54, 1.807) is 32.2 Å². The minimum atomic E-state index is -1.39. The molecule has 0 fully saturated rings. The van der Waals surface area contributed by atoms with Crippen molar-refractivity contribution in [3.63, 3.8) is 0 Å². The van der Waals surface area contributed by atoms with Crippen LogP contribution in [0.5, 0.6) is 5.75 Å². The Morgan fingerprint density at radius 2 is 1.91 bits per heavy atom. The molecule has 4 aromatic rings. The molecule has 8 nitrogen and oxygen atoms in total. The lowest BCUT2D eigenvalue weighted by molar-refractivity contribution is -0.308. The van der Waals surface area contributed by atoms with Crippen LogP contribution in [-0.2, 0) is 16.0 Å². The number of carboxylic acid groups (broad SMARTS) is 1. The first-order valence-corrected chi connectivity index (χ1v) is 10.5. The third-order valence-electron chi connectivity index (χ3n) is 5.73. The van der Waals surface area contributed by atoms with E-state index in [0.717, 1.165) is 22.0 Å². The Balaban J connectivity index is 1.51. The molecule has 1 amide bonds. The summed E-state index contributed by atoms with van der Waals surface area (Å²) < 4.78 is 11.1. The van der Waals surface area contributed by atoms with Crippen LogP contribution < -0.4 is 20.8 Å². The zero-order chi connectivity index (χ0) is 23.7. The second-order valence-corrected chi connectivity index (χ2v) is 8.07. The number of benzene rings is 2. The van der Waals surface area contributed by atoms with Crippen LogP contribution in [-0.4, -0.2) is 29.5 Å². The standard InChI is InChI=1S/C25H24N2O6/c1-13-8-20(23-14(2)15(3)25(31)33-21(23)9-13)32-12-22(28)27-19(24(29)30)10-16-11-26-18-7-5-4-6-17(16)18/h4-9,11,19,26H,10,12H2,1-3H3,(H,27,28)(H,29,30)/p-1/t19-/m0/s1. The number of aromatic nitrogens is 1. The summed E-state index contributed by atoms with van der Waals surface area (Å²) in [6.07, 6.45) is 1.79. The van der Waals surface area contributed by atoms with Gasteiger partial charge in [0, 0.05) is 29.1 Å². The van der Waals surface area contributed by atoms with Gasteiger partial charge in [0.15, 0.2) is 6.61 Å². The van der Waals surface area contributed by atoms with Crippen molar-refractivity contribution in [1.82, 2.24) is 10.3 Å². The highest BCUT2D eigenvalue weighted by Gasteiger charge is 2.18. The number of aromatic amines is 1. The molecule has 0 saturated carbocycles. The summed E-state index contributed by atoms with van der Waals surface area (Å²) in [7, 11) is 0. The first kappa shape index (κ1) is 22.1. The topological polar surface area (TPSA) is 124 Å². The summed E-state index contributed by atoms with van der Waals surface area (Å²) in [6, 6.07) is 9.74. The molecule has 0 aliphatic carbocycles. The van der Waals surface area contributed by atoms with Crippen LogP contribution in [0.2, 0.25) is 0 Å². The van der Waals surface area contributed by atoms with Gasteiger partial charge < -0.3 is 29.4 Å². The number of hydrogen-bond donors (Lipinski definition) is 2. The number of H-pyrrole nitrogens is 1. The second kappa shape index (κ2) is 8.82. The number of aryl methyl sites for hydroxylation is 2. The van der Waals surface area contributed by atoms with Gasteiger partial charge in [-0.2, -0.15) is 0 Å². The first-order chi connectivity index (χ1) is 15.7. The molecule has 0 aliphatic rings. The summed E-state index contributed by atoms with van der Waals surface area (Å²) in [6.45, 7) is 4.85. The molecule has 0 bridgehead atoms. The molecular formula is C25H23N2O6-. The van der Waals surface area contributed by atoms with Crippen molar-refractivity contribution in [3.05, 3.63) is 75.3 Å². The number of amides is 1. The average Bonchev–Trinajstić information content (AvgIpc) is 3.18. The number of carbonyl (C=O) groups is 2. The lowest BCUT2D eigenvalue weighted by atomic mass is 10.0. The van der Waals surface area contributed by atoms with Crippen LogP contribution in [0.3, 0.4) is 0 Å². The number of carboxylic acids is 1. The normalized spacial score (nSPS) is 12.1. The van der Waals surface area contributed by atoms with Crippen LogP contribution in [0.4, 0.5) is 0 Å². The molecule has 0 aliphatic heterocycles. The predicted molar refractivity (Wildman–Crippen MR) is 121 cm³/mol. The largest absolute Gasteiger partial charge is 0.548 e. The van der Waals surface area contributed by atoms with E-state index in [1.807, 2.05) is 31.2 Å². The molecule has 2 aromatic carbocycles. The van der Waals surface area contributed by atoms with Gasteiger partial charge in [0.25, 0.3) is 5.91 Å². The van der Waals surface area contributed by atoms with Crippen molar-refractivity contribution in [2.75, 3.05) is 6.61 Å². The molecular weight excluding hydrogens is 424 g/mol. The SMILES string of the molecule is Cc1cc(OCC(=O)N[C@@H](Cc2c[nH]c3ccccc23)C(=O)[O-])c2c(C)c(C)c(=O)oc2c1. The molecule has 2 N–H and O–H groups in total. The number of nitrogens with one attached hydrogen (secondary N) is 2. The highest BCUT2D eigenvalue weighted by Crippen LogP contribution is 2.30. The van der Waals surface area contributed by atoms with Crippen molar-refractivity contribution in [3.8, 4) is 5.75 Å². The Bertz CT molecular complexity index is 1430. The smallest absolute Gasteiger partial charge is 0.339 e. The van der Waals surface area contributed by atoms with E-state index in [4.69, 9.17) is 9.15 Å². The van der Waals surface area contributed by atoms with Gasteiger partial charge in [0.2, 0.25) is 0 Å². The minimum Gasteiger partial charge on any atom is -0.548 e. The van der Waals surface area contributed by atoms with Gasteiger partial charge in [-0.15, -0.1) is 0 Å². The molecule has 33 heavy (non-hydrogen) atoms. The third-order valence-corrected chi connectivity index (χ3v) is 5.73. The van der Waals surface area contributed by atoms with E-state index in [1.165, 1.54) is 0 Å². The number of fused-ring (bicyclic) bond motifs is 2. The fourth-order valence-electron chi connectivity index (χ4n) is 3.89. The van der Waals surface area contributed by atoms with Crippen molar-refractivity contribution in [2.24, 2.45) is 0 Å². The van der Waals surface area contributed by atoms with Gasteiger partial charge in [-0.25, -0.2) is 4.79 Å². The quantitative estimate of drug-likeness (QED) is 0.418. The Labute approximate surface area is 189 Å². The van der Waals surface area contributed by atoms with Crippen molar-refractivity contribution >= 4 is 33.7 Å². The maximum atomic E-state index is 12.5. The Morgan fingerprint density at radius 1 is 1.15 bits per heavy atom. The maximum absolute atomic E-state index is 12.5. The monoisotopic (exact) mass is 447 g/mol. The number of rotatable bonds is 7. The van der Waals surface area contributed by atoms with Gasteiger partial charge in [-0.05, 0) is 55.7 Å². The highest BCUT2D eigenvalue weighted by molar-refractivity contribution is 5.89.